The third kappa shape index (κ3) is 1.97. The first-order valence-electron chi connectivity index (χ1n) is 5.85. The van der Waals surface area contributed by atoms with E-state index in [1.807, 2.05) is 18.2 Å². The Balaban J connectivity index is 2.15. The second-order valence-electron chi connectivity index (χ2n) is 4.24. The Morgan fingerprint density at radius 3 is 2.50 bits per heavy atom. The molecule has 0 radical (unpaired) electrons. The number of rotatable bonds is 1. The van der Waals surface area contributed by atoms with E-state index in [1.165, 1.54) is 0 Å². The molecule has 0 spiro atoms. The molecule has 0 unspecified atom stereocenters. The molecular weight excluding hydrogens is 254 g/mol. The normalized spacial score (nSPS) is 10.3. The van der Waals surface area contributed by atoms with E-state index in [0.29, 0.717) is 21.4 Å². The van der Waals surface area contributed by atoms with E-state index < -0.39 is 0 Å². The van der Waals surface area contributed by atoms with Gasteiger partial charge >= 0.3 is 0 Å². The summed E-state index contributed by atoms with van der Waals surface area (Å²) in [5.74, 6) is -0.0568. The predicted octanol–water partition coefficient (Wildman–Crippen LogP) is 1.38. The van der Waals surface area contributed by atoms with Crippen molar-refractivity contribution in [2.45, 2.75) is 0 Å². The highest BCUT2D eigenvalue weighted by Crippen LogP contribution is 2.22. The first kappa shape index (κ1) is 11.9. The molecule has 20 heavy (non-hydrogen) atoms. The maximum absolute atomic E-state index is 11.7. The van der Waals surface area contributed by atoms with Crippen LogP contribution in [0.4, 0.5) is 5.95 Å². The van der Waals surface area contributed by atoms with Gasteiger partial charge in [-0.1, -0.05) is 18.2 Å². The molecule has 6 heteroatoms. The van der Waals surface area contributed by atoms with Gasteiger partial charge in [0.1, 0.15) is 5.52 Å². The third-order valence-corrected chi connectivity index (χ3v) is 2.96. The molecule has 1 aromatic heterocycles. The van der Waals surface area contributed by atoms with Gasteiger partial charge in [0.05, 0.1) is 16.7 Å². The van der Waals surface area contributed by atoms with Gasteiger partial charge in [0.2, 0.25) is 0 Å². The molecule has 2 N–H and O–H groups in total. The Morgan fingerprint density at radius 2 is 1.80 bits per heavy atom. The van der Waals surface area contributed by atoms with E-state index >= 15 is 0 Å². The topological polar surface area (TPSA) is 103 Å². The number of anilines is 1. The van der Waals surface area contributed by atoms with E-state index in [1.54, 1.807) is 24.3 Å². The van der Waals surface area contributed by atoms with Crippen LogP contribution >= 0.6 is 0 Å². The van der Waals surface area contributed by atoms with Gasteiger partial charge in [0, 0.05) is 6.07 Å². The second kappa shape index (κ2) is 4.48. The Morgan fingerprint density at radius 1 is 1.10 bits per heavy atom. The predicted molar refractivity (Wildman–Crippen MR) is 73.1 cm³/mol. The average Bonchev–Trinajstić information content (AvgIpc) is 2.47. The number of benzene rings is 2. The molecule has 0 aliphatic carbocycles. The van der Waals surface area contributed by atoms with Crippen molar-refractivity contribution >= 4 is 17.0 Å². The fourth-order valence-corrected chi connectivity index (χ4v) is 1.98. The number of nitriles is 1. The number of nitrogens with zero attached hydrogens (tertiary/aromatic N) is 4. The minimum atomic E-state index is -0.0568. The van der Waals surface area contributed by atoms with Crippen LogP contribution in [0.3, 0.4) is 0 Å². The molecule has 96 valence electrons. The van der Waals surface area contributed by atoms with Crippen LogP contribution in [0.5, 0.6) is 0 Å². The molecule has 0 amide bonds. The van der Waals surface area contributed by atoms with Gasteiger partial charge in [-0.2, -0.15) is 5.26 Å². The van der Waals surface area contributed by atoms with E-state index in [0.717, 1.165) is 11.1 Å². The summed E-state index contributed by atoms with van der Waals surface area (Å²) < 4.78 is 0. The molecule has 6 nitrogen and oxygen atoms in total. The molecule has 0 saturated carbocycles. The molecular formula is C14H9N5O. The van der Waals surface area contributed by atoms with E-state index in [2.05, 4.69) is 16.2 Å². The highest BCUT2D eigenvalue weighted by Gasteiger charge is 2.10. The van der Waals surface area contributed by atoms with Crippen LogP contribution in [0.25, 0.3) is 22.2 Å². The van der Waals surface area contributed by atoms with Crippen LogP contribution in [-0.4, -0.2) is 10.1 Å². The molecule has 3 aromatic rings. The van der Waals surface area contributed by atoms with Crippen molar-refractivity contribution in [3.05, 3.63) is 53.2 Å². The SMILES string of the molecule is N#Cc1ccc(-c2ccc3nc(N)n[n+]([O-])c3c2)cc1. The molecule has 0 atom stereocenters. The number of hydrogen-bond acceptors (Lipinski definition) is 5. The van der Waals surface area contributed by atoms with Crippen molar-refractivity contribution in [2.24, 2.45) is 0 Å². The monoisotopic (exact) mass is 263 g/mol. The molecule has 0 saturated heterocycles. The van der Waals surface area contributed by atoms with Crippen molar-refractivity contribution in [1.29, 1.82) is 5.26 Å². The lowest BCUT2D eigenvalue weighted by Crippen LogP contribution is -2.33. The average molecular weight is 263 g/mol. The first-order chi connectivity index (χ1) is 9.67. The highest BCUT2D eigenvalue weighted by molar-refractivity contribution is 5.79. The standard InChI is InChI=1S/C14H9N5O/c15-8-9-1-3-10(4-2-9)11-5-6-12-13(7-11)19(20)18-14(16)17-12/h1-7H,(H2,16,17,18). The number of nitrogens with two attached hydrogens (primary N) is 1. The zero-order valence-electron chi connectivity index (χ0n) is 10.3. The summed E-state index contributed by atoms with van der Waals surface area (Å²) in [4.78, 5) is 4.46. The lowest BCUT2D eigenvalue weighted by Gasteiger charge is -2.04. The van der Waals surface area contributed by atoms with Gasteiger partial charge in [-0.3, -0.25) is 0 Å². The summed E-state index contributed by atoms with van der Waals surface area (Å²) in [6.45, 7) is 0. The molecule has 0 aliphatic rings. The summed E-state index contributed by atoms with van der Waals surface area (Å²) >= 11 is 0. The molecule has 0 bridgehead atoms. The summed E-state index contributed by atoms with van der Waals surface area (Å²) in [6.07, 6.45) is 0. The molecule has 1 heterocycles. The number of hydrogen-bond donors (Lipinski definition) is 1. The maximum atomic E-state index is 11.7. The zero-order chi connectivity index (χ0) is 14.1. The maximum Gasteiger partial charge on any atom is 0.288 e. The van der Waals surface area contributed by atoms with Gasteiger partial charge in [-0.25, -0.2) is 4.98 Å². The van der Waals surface area contributed by atoms with Crippen molar-refractivity contribution in [2.75, 3.05) is 5.73 Å². The number of fused-ring (bicyclic) bond motifs is 1. The van der Waals surface area contributed by atoms with Gasteiger partial charge < -0.3 is 10.9 Å². The van der Waals surface area contributed by atoms with Crippen LogP contribution in [0, 0.1) is 16.5 Å². The minimum Gasteiger partial charge on any atom is -0.594 e. The number of nitrogen functional groups attached to an aromatic ring is 1. The molecule has 0 fully saturated rings. The fraction of sp³-hybridized carbons (Fsp3) is 0. The van der Waals surface area contributed by atoms with E-state index in [-0.39, 0.29) is 5.95 Å². The van der Waals surface area contributed by atoms with Crippen molar-refractivity contribution in [1.82, 2.24) is 10.1 Å². The highest BCUT2D eigenvalue weighted by atomic mass is 16.5. The van der Waals surface area contributed by atoms with Crippen LogP contribution in [0.1, 0.15) is 5.56 Å². The van der Waals surface area contributed by atoms with Crippen LogP contribution in [-0.2, 0) is 0 Å². The fourth-order valence-electron chi connectivity index (χ4n) is 1.98. The Hall–Kier alpha value is -3.20. The molecule has 0 aliphatic heterocycles. The van der Waals surface area contributed by atoms with Gasteiger partial charge in [-0.15, -0.1) is 0 Å². The summed E-state index contributed by atoms with van der Waals surface area (Å²) in [7, 11) is 0. The van der Waals surface area contributed by atoms with Crippen molar-refractivity contribution in [3.8, 4) is 17.2 Å². The molecule has 3 rings (SSSR count). The minimum absolute atomic E-state index is 0.0568. The van der Waals surface area contributed by atoms with Crippen molar-refractivity contribution in [3.63, 3.8) is 0 Å². The summed E-state index contributed by atoms with van der Waals surface area (Å²) in [5, 5.41) is 24.1. The second-order valence-corrected chi connectivity index (χ2v) is 4.24. The quantitative estimate of drug-likeness (QED) is 0.527. The van der Waals surface area contributed by atoms with Crippen molar-refractivity contribution < 1.29 is 4.85 Å². The lowest BCUT2D eigenvalue weighted by molar-refractivity contribution is -0.641. The van der Waals surface area contributed by atoms with Crippen LogP contribution in [0.15, 0.2) is 42.5 Å². The van der Waals surface area contributed by atoms with Gasteiger partial charge in [-0.05, 0) is 34.2 Å². The Labute approximate surface area is 114 Å². The number of aromatic nitrogens is 3. The largest absolute Gasteiger partial charge is 0.594 e. The van der Waals surface area contributed by atoms with Gasteiger partial charge in [0.15, 0.2) is 0 Å². The Kier molecular flexibility index (Phi) is 2.66. The van der Waals surface area contributed by atoms with Crippen LogP contribution in [0.2, 0.25) is 0 Å². The van der Waals surface area contributed by atoms with E-state index in [4.69, 9.17) is 11.0 Å². The Bertz CT molecular complexity index is 837. The third-order valence-electron chi connectivity index (χ3n) is 2.96. The zero-order valence-corrected chi connectivity index (χ0v) is 10.3. The lowest BCUT2D eigenvalue weighted by atomic mass is 10.0. The van der Waals surface area contributed by atoms with Crippen LogP contribution < -0.4 is 10.6 Å². The summed E-state index contributed by atoms with van der Waals surface area (Å²) in [6, 6.07) is 14.4. The van der Waals surface area contributed by atoms with Gasteiger partial charge in [0.25, 0.3) is 11.5 Å². The molecule has 2 aromatic carbocycles. The van der Waals surface area contributed by atoms with E-state index in [9.17, 15) is 5.21 Å². The summed E-state index contributed by atoms with van der Waals surface area (Å²) in [5.41, 5.74) is 8.61. The first-order valence-corrected chi connectivity index (χ1v) is 5.85. The smallest absolute Gasteiger partial charge is 0.288 e.